The minimum absolute atomic E-state index is 0.0690. The molecule has 0 heterocycles. The van der Waals surface area contributed by atoms with Crippen LogP contribution in [0.1, 0.15) is 400 Å². The number of allylic oxidation sites excluding steroid dienone is 6. The number of ether oxygens (including phenoxy) is 3. The van der Waals surface area contributed by atoms with Gasteiger partial charge in [-0.05, 0) is 77.0 Å². The molecule has 470 valence electrons. The maximum Gasteiger partial charge on any atom is 0.306 e. The van der Waals surface area contributed by atoms with Crippen LogP contribution >= 0.6 is 0 Å². The first kappa shape index (κ1) is 77.6. The average molecular weight is 1120 g/mol. The van der Waals surface area contributed by atoms with E-state index in [4.69, 9.17) is 14.2 Å². The lowest BCUT2D eigenvalue weighted by molar-refractivity contribution is -0.167. The Morgan fingerprint density at radius 1 is 0.250 bits per heavy atom. The van der Waals surface area contributed by atoms with Crippen LogP contribution in [0, 0.1) is 0 Å². The zero-order chi connectivity index (χ0) is 57.8. The molecule has 6 nitrogen and oxygen atoms in total. The summed E-state index contributed by atoms with van der Waals surface area (Å²) in [7, 11) is 0. The molecule has 0 aromatic heterocycles. The summed E-state index contributed by atoms with van der Waals surface area (Å²) in [5, 5.41) is 0. The molecule has 0 aromatic carbocycles. The van der Waals surface area contributed by atoms with Crippen LogP contribution in [0.15, 0.2) is 36.5 Å². The SMILES string of the molecule is CCCCCCC/C=C\C/C=C\CCCCCCCCCCCCCCCCCCCCCCCCCC(=O)OCC(COC(=O)CCCCCCCCCCCCCC)OC(=O)CCCCCCC/C=C\CCCCCCCC. The van der Waals surface area contributed by atoms with E-state index in [1.807, 2.05) is 0 Å². The summed E-state index contributed by atoms with van der Waals surface area (Å²) in [6.45, 7) is 6.68. The Kier molecular flexibility index (Phi) is 67.1. The van der Waals surface area contributed by atoms with Gasteiger partial charge in [-0.1, -0.05) is 340 Å². The summed E-state index contributed by atoms with van der Waals surface area (Å²) < 4.78 is 16.9. The summed E-state index contributed by atoms with van der Waals surface area (Å²) >= 11 is 0. The Labute approximate surface area is 499 Å². The number of carbonyl (C=O) groups excluding carboxylic acids is 3. The Balaban J connectivity index is 4.03. The van der Waals surface area contributed by atoms with Crippen LogP contribution in [0.5, 0.6) is 0 Å². The highest BCUT2D eigenvalue weighted by Crippen LogP contribution is 2.18. The van der Waals surface area contributed by atoms with Gasteiger partial charge in [-0.3, -0.25) is 14.4 Å². The molecule has 0 spiro atoms. The van der Waals surface area contributed by atoms with Gasteiger partial charge in [0.1, 0.15) is 13.2 Å². The standard InChI is InChI=1S/C74H138O6/c1-4-7-10-13-16-19-22-25-27-28-29-30-31-32-33-34-35-36-37-38-39-40-41-42-43-44-45-46-48-49-52-55-58-61-64-67-73(76)79-70-71(69-78-72(75)66-63-60-57-54-51-24-21-18-15-12-9-6-3)80-74(77)68-65-62-59-56-53-50-47-26-23-20-17-14-11-8-5-2/h22,25-26,28-29,47,71H,4-21,23-24,27,30-46,48-70H2,1-3H3/b25-22-,29-28-,47-26-. The molecule has 1 atom stereocenters. The van der Waals surface area contributed by atoms with Crippen molar-refractivity contribution in [1.29, 1.82) is 0 Å². The quantitative estimate of drug-likeness (QED) is 0.0261. The molecule has 1 unspecified atom stereocenters. The highest BCUT2D eigenvalue weighted by atomic mass is 16.6. The number of unbranched alkanes of at least 4 members (excludes halogenated alkanes) is 50. The van der Waals surface area contributed by atoms with E-state index in [9.17, 15) is 14.4 Å². The predicted molar refractivity (Wildman–Crippen MR) is 349 cm³/mol. The Bertz CT molecular complexity index is 1340. The lowest BCUT2D eigenvalue weighted by Gasteiger charge is -2.18. The van der Waals surface area contributed by atoms with Gasteiger partial charge < -0.3 is 14.2 Å². The molecule has 0 aliphatic rings. The lowest BCUT2D eigenvalue weighted by Crippen LogP contribution is -2.30. The van der Waals surface area contributed by atoms with Crippen molar-refractivity contribution in [1.82, 2.24) is 0 Å². The third kappa shape index (κ3) is 66.4. The van der Waals surface area contributed by atoms with E-state index in [1.54, 1.807) is 0 Å². The molecule has 0 rings (SSSR count). The Morgan fingerprint density at radius 3 is 0.700 bits per heavy atom. The van der Waals surface area contributed by atoms with E-state index in [2.05, 4.69) is 57.2 Å². The summed E-state index contributed by atoms with van der Waals surface area (Å²) in [4.78, 5) is 38.3. The molecule has 0 N–H and O–H groups in total. The molecule has 0 amide bonds. The minimum Gasteiger partial charge on any atom is -0.462 e. The molecule has 0 aliphatic carbocycles. The maximum atomic E-state index is 12.9. The van der Waals surface area contributed by atoms with E-state index in [0.29, 0.717) is 19.3 Å². The second-order valence-corrected chi connectivity index (χ2v) is 24.5. The van der Waals surface area contributed by atoms with Gasteiger partial charge in [0.2, 0.25) is 0 Å². The highest BCUT2D eigenvalue weighted by Gasteiger charge is 2.19. The monoisotopic (exact) mass is 1120 g/mol. The Hall–Kier alpha value is -2.37. The van der Waals surface area contributed by atoms with Crippen molar-refractivity contribution in [2.24, 2.45) is 0 Å². The summed E-state index contributed by atoms with van der Waals surface area (Å²) in [6, 6.07) is 0. The molecule has 0 aromatic rings. The fraction of sp³-hybridized carbons (Fsp3) is 0.878. The maximum absolute atomic E-state index is 12.9. The van der Waals surface area contributed by atoms with Crippen LogP contribution in [-0.4, -0.2) is 37.2 Å². The molecule has 0 fully saturated rings. The van der Waals surface area contributed by atoms with E-state index >= 15 is 0 Å². The summed E-state index contributed by atoms with van der Waals surface area (Å²) in [5.74, 6) is -0.850. The molecule has 0 saturated carbocycles. The van der Waals surface area contributed by atoms with Crippen molar-refractivity contribution in [3.8, 4) is 0 Å². The first-order valence-electron chi connectivity index (χ1n) is 36.0. The zero-order valence-corrected chi connectivity index (χ0v) is 54.1. The van der Waals surface area contributed by atoms with Gasteiger partial charge in [-0.15, -0.1) is 0 Å². The number of hydrogen-bond acceptors (Lipinski definition) is 6. The van der Waals surface area contributed by atoms with Crippen LogP contribution in [0.3, 0.4) is 0 Å². The van der Waals surface area contributed by atoms with E-state index < -0.39 is 6.10 Å². The number of hydrogen-bond donors (Lipinski definition) is 0. The smallest absolute Gasteiger partial charge is 0.306 e. The van der Waals surface area contributed by atoms with E-state index in [0.717, 1.165) is 70.6 Å². The predicted octanol–water partition coefficient (Wildman–Crippen LogP) is 24.7. The van der Waals surface area contributed by atoms with Crippen molar-refractivity contribution >= 4 is 17.9 Å². The van der Waals surface area contributed by atoms with Gasteiger partial charge in [-0.25, -0.2) is 0 Å². The van der Waals surface area contributed by atoms with Gasteiger partial charge in [-0.2, -0.15) is 0 Å². The third-order valence-electron chi connectivity index (χ3n) is 16.4. The lowest BCUT2D eigenvalue weighted by atomic mass is 10.0. The first-order chi connectivity index (χ1) is 39.5. The minimum atomic E-state index is -0.772. The van der Waals surface area contributed by atoms with Crippen molar-refractivity contribution < 1.29 is 28.6 Å². The molecule has 0 radical (unpaired) electrons. The second-order valence-electron chi connectivity index (χ2n) is 24.5. The molecule has 0 saturated heterocycles. The average Bonchev–Trinajstić information content (AvgIpc) is 3.46. The van der Waals surface area contributed by atoms with Crippen molar-refractivity contribution in [3.63, 3.8) is 0 Å². The van der Waals surface area contributed by atoms with Gasteiger partial charge >= 0.3 is 17.9 Å². The molecule has 0 aliphatic heterocycles. The molecular weight excluding hydrogens is 985 g/mol. The van der Waals surface area contributed by atoms with Crippen LogP contribution < -0.4 is 0 Å². The van der Waals surface area contributed by atoms with Crippen molar-refractivity contribution in [3.05, 3.63) is 36.5 Å². The van der Waals surface area contributed by atoms with Gasteiger partial charge in [0, 0.05) is 19.3 Å². The molecule has 80 heavy (non-hydrogen) atoms. The largest absolute Gasteiger partial charge is 0.462 e. The van der Waals surface area contributed by atoms with Gasteiger partial charge in [0.05, 0.1) is 0 Å². The highest BCUT2D eigenvalue weighted by molar-refractivity contribution is 5.71. The number of rotatable bonds is 67. The normalized spacial score (nSPS) is 12.2. The Morgan fingerprint density at radius 2 is 0.450 bits per heavy atom. The van der Waals surface area contributed by atoms with Gasteiger partial charge in [0.25, 0.3) is 0 Å². The number of carbonyl (C=O) groups is 3. The summed E-state index contributed by atoms with van der Waals surface area (Å²) in [6.07, 6.45) is 86.3. The summed E-state index contributed by atoms with van der Waals surface area (Å²) in [5.41, 5.74) is 0. The topological polar surface area (TPSA) is 78.9 Å². The zero-order valence-electron chi connectivity index (χ0n) is 54.1. The van der Waals surface area contributed by atoms with Crippen molar-refractivity contribution in [2.75, 3.05) is 13.2 Å². The van der Waals surface area contributed by atoms with Crippen molar-refractivity contribution in [2.45, 2.75) is 406 Å². The van der Waals surface area contributed by atoms with Crippen LogP contribution in [0.2, 0.25) is 0 Å². The van der Waals surface area contributed by atoms with Crippen LogP contribution in [-0.2, 0) is 28.6 Å². The third-order valence-corrected chi connectivity index (χ3v) is 16.4. The molecule has 6 heteroatoms. The van der Waals surface area contributed by atoms with E-state index in [1.165, 1.54) is 289 Å². The van der Waals surface area contributed by atoms with Crippen LogP contribution in [0.25, 0.3) is 0 Å². The van der Waals surface area contributed by atoms with Crippen LogP contribution in [0.4, 0.5) is 0 Å². The fourth-order valence-corrected chi connectivity index (χ4v) is 10.9. The number of esters is 3. The molecule has 0 bridgehead atoms. The first-order valence-corrected chi connectivity index (χ1v) is 36.0. The van der Waals surface area contributed by atoms with E-state index in [-0.39, 0.29) is 31.1 Å². The fourth-order valence-electron chi connectivity index (χ4n) is 10.9. The second kappa shape index (κ2) is 69.1. The molecular formula is C74H138O6. The van der Waals surface area contributed by atoms with Gasteiger partial charge in [0.15, 0.2) is 6.10 Å².